The second-order valence-electron chi connectivity index (χ2n) is 4.20. The number of rotatable bonds is 3. The van der Waals surface area contributed by atoms with Crippen molar-refractivity contribution in [3.8, 4) is 0 Å². The third kappa shape index (κ3) is 2.20. The van der Waals surface area contributed by atoms with Crippen LogP contribution in [0.1, 0.15) is 25.3 Å². The maximum Gasteiger partial charge on any atom is 0.235 e. The average Bonchev–Trinajstić information content (AvgIpc) is 2.37. The van der Waals surface area contributed by atoms with Crippen LogP contribution in [-0.4, -0.2) is 31.6 Å². The van der Waals surface area contributed by atoms with E-state index in [2.05, 4.69) is 5.16 Å². The Labute approximate surface area is 107 Å². The topological polar surface area (TPSA) is 70.0 Å². The first-order valence-electron chi connectivity index (χ1n) is 5.91. The Morgan fingerprint density at radius 1 is 1.39 bits per heavy atom. The highest BCUT2D eigenvalue weighted by molar-refractivity contribution is 7.92. The first-order valence-corrected chi connectivity index (χ1v) is 7.52. The highest BCUT2D eigenvalue weighted by Crippen LogP contribution is 2.29. The minimum absolute atomic E-state index is 0.132. The van der Waals surface area contributed by atoms with Crippen LogP contribution >= 0.6 is 0 Å². The van der Waals surface area contributed by atoms with E-state index in [-0.39, 0.29) is 5.75 Å². The molecule has 18 heavy (non-hydrogen) atoms. The molecule has 0 fully saturated rings. The van der Waals surface area contributed by atoms with Gasteiger partial charge in [-0.05, 0) is 12.5 Å². The van der Waals surface area contributed by atoms with E-state index in [1.807, 2.05) is 6.92 Å². The lowest BCUT2D eigenvalue weighted by Crippen LogP contribution is -2.38. The smallest absolute Gasteiger partial charge is 0.235 e. The van der Waals surface area contributed by atoms with Gasteiger partial charge in [0.05, 0.1) is 17.2 Å². The number of sulfonamides is 1. The second-order valence-corrected chi connectivity index (χ2v) is 6.21. The van der Waals surface area contributed by atoms with Gasteiger partial charge < -0.3 is 5.21 Å². The van der Waals surface area contributed by atoms with E-state index in [1.165, 1.54) is 4.31 Å². The Kier molecular flexibility index (Phi) is 3.56. The Morgan fingerprint density at radius 3 is 2.78 bits per heavy atom. The summed E-state index contributed by atoms with van der Waals surface area (Å²) in [6.07, 6.45) is 1.01. The van der Waals surface area contributed by atoms with E-state index in [0.717, 1.165) is 0 Å². The molecule has 0 atom stereocenters. The van der Waals surface area contributed by atoms with E-state index in [0.29, 0.717) is 36.3 Å². The van der Waals surface area contributed by atoms with Crippen LogP contribution in [0, 0.1) is 0 Å². The maximum absolute atomic E-state index is 12.2. The highest BCUT2D eigenvalue weighted by Gasteiger charge is 2.29. The molecule has 0 aromatic heterocycles. The van der Waals surface area contributed by atoms with Crippen molar-refractivity contribution in [2.75, 3.05) is 16.6 Å². The zero-order valence-corrected chi connectivity index (χ0v) is 11.0. The molecule has 0 saturated carbocycles. The van der Waals surface area contributed by atoms with Crippen LogP contribution < -0.4 is 4.31 Å². The zero-order valence-electron chi connectivity index (χ0n) is 10.2. The molecular weight excluding hydrogens is 252 g/mol. The third-order valence-electron chi connectivity index (χ3n) is 2.95. The number of benzene rings is 1. The number of anilines is 1. The van der Waals surface area contributed by atoms with Crippen LogP contribution in [0.4, 0.5) is 5.69 Å². The largest absolute Gasteiger partial charge is 0.411 e. The summed E-state index contributed by atoms with van der Waals surface area (Å²) in [5.41, 5.74) is 1.82. The molecule has 6 heteroatoms. The van der Waals surface area contributed by atoms with Crippen LogP contribution in [0.5, 0.6) is 0 Å². The molecule has 1 aromatic carbocycles. The summed E-state index contributed by atoms with van der Waals surface area (Å²) in [6, 6.07) is 7.11. The van der Waals surface area contributed by atoms with Gasteiger partial charge in [-0.1, -0.05) is 30.3 Å². The number of nitrogens with zero attached hydrogens (tertiary/aromatic N) is 2. The van der Waals surface area contributed by atoms with Crippen LogP contribution in [0.2, 0.25) is 0 Å². The van der Waals surface area contributed by atoms with Crippen molar-refractivity contribution in [2.24, 2.45) is 5.16 Å². The molecule has 5 nitrogen and oxygen atoms in total. The highest BCUT2D eigenvalue weighted by atomic mass is 32.2. The fourth-order valence-electron chi connectivity index (χ4n) is 2.16. The zero-order chi connectivity index (χ0) is 13.2. The summed E-state index contributed by atoms with van der Waals surface area (Å²) in [5.74, 6) is 0.132. The van der Waals surface area contributed by atoms with Gasteiger partial charge in [-0.25, -0.2) is 8.42 Å². The second kappa shape index (κ2) is 4.97. The van der Waals surface area contributed by atoms with Crippen molar-refractivity contribution in [2.45, 2.75) is 19.8 Å². The Hall–Kier alpha value is -1.56. The van der Waals surface area contributed by atoms with Crippen LogP contribution in [0.15, 0.2) is 29.4 Å². The summed E-state index contributed by atoms with van der Waals surface area (Å²) < 4.78 is 25.8. The van der Waals surface area contributed by atoms with Gasteiger partial charge in [0.25, 0.3) is 0 Å². The predicted molar refractivity (Wildman–Crippen MR) is 70.8 cm³/mol. The molecule has 1 aromatic rings. The molecule has 1 N–H and O–H groups in total. The van der Waals surface area contributed by atoms with Crippen molar-refractivity contribution in [1.82, 2.24) is 0 Å². The number of fused-ring (bicyclic) bond motifs is 1. The number of para-hydroxylation sites is 1. The van der Waals surface area contributed by atoms with Crippen molar-refractivity contribution < 1.29 is 13.6 Å². The quantitative estimate of drug-likeness (QED) is 0.671. The summed E-state index contributed by atoms with van der Waals surface area (Å²) in [7, 11) is -3.28. The summed E-state index contributed by atoms with van der Waals surface area (Å²) >= 11 is 0. The van der Waals surface area contributed by atoms with Gasteiger partial charge in [-0.2, -0.15) is 0 Å². The van der Waals surface area contributed by atoms with Gasteiger partial charge in [-0.3, -0.25) is 4.31 Å². The van der Waals surface area contributed by atoms with E-state index < -0.39 is 10.0 Å². The Balaban J connectivity index is 2.49. The third-order valence-corrected chi connectivity index (χ3v) is 4.93. The summed E-state index contributed by atoms with van der Waals surface area (Å²) in [6.45, 7) is 2.17. The van der Waals surface area contributed by atoms with Crippen molar-refractivity contribution in [3.63, 3.8) is 0 Å². The van der Waals surface area contributed by atoms with Gasteiger partial charge in [0, 0.05) is 18.5 Å². The minimum atomic E-state index is -3.28. The lowest BCUT2D eigenvalue weighted by atomic mass is 10.0. The van der Waals surface area contributed by atoms with E-state index in [4.69, 9.17) is 5.21 Å². The number of hydrogen-bond acceptors (Lipinski definition) is 4. The van der Waals surface area contributed by atoms with Crippen LogP contribution in [-0.2, 0) is 10.0 Å². The number of oxime groups is 1. The molecule has 1 aliphatic heterocycles. The molecule has 0 radical (unpaired) electrons. The average molecular weight is 268 g/mol. The van der Waals surface area contributed by atoms with Gasteiger partial charge >= 0.3 is 0 Å². The molecule has 0 amide bonds. The van der Waals surface area contributed by atoms with Gasteiger partial charge in [0.15, 0.2) is 0 Å². The first kappa shape index (κ1) is 12.9. The maximum atomic E-state index is 12.2. The number of hydrogen-bond donors (Lipinski definition) is 1. The Morgan fingerprint density at radius 2 is 2.11 bits per heavy atom. The lowest BCUT2D eigenvalue weighted by Gasteiger charge is -2.30. The van der Waals surface area contributed by atoms with E-state index in [9.17, 15) is 8.42 Å². The molecule has 0 spiro atoms. The fourth-order valence-corrected chi connectivity index (χ4v) is 3.72. The normalized spacial score (nSPS) is 17.8. The molecule has 0 unspecified atom stereocenters. The molecule has 2 rings (SSSR count). The fraction of sp³-hybridized carbons (Fsp3) is 0.417. The molecular formula is C12H16N2O3S. The van der Waals surface area contributed by atoms with Gasteiger partial charge in [0.1, 0.15) is 0 Å². The lowest BCUT2D eigenvalue weighted by molar-refractivity contribution is 0.318. The van der Waals surface area contributed by atoms with Crippen molar-refractivity contribution in [3.05, 3.63) is 29.8 Å². The molecule has 1 aliphatic rings. The first-order chi connectivity index (χ1) is 8.60. The van der Waals surface area contributed by atoms with Crippen molar-refractivity contribution >= 4 is 21.4 Å². The summed E-state index contributed by atoms with van der Waals surface area (Å²) in [4.78, 5) is 0. The Bertz CT molecular complexity index is 566. The molecule has 0 bridgehead atoms. The molecule has 1 heterocycles. The summed E-state index contributed by atoms with van der Waals surface area (Å²) in [5, 5.41) is 12.2. The standard InChI is InChI=1S/C12H16N2O3S/c1-2-9-18(16,17)14-8-7-11(13-15)10-5-3-4-6-12(10)14/h3-6,15H,2,7-9H2,1H3. The van der Waals surface area contributed by atoms with Crippen molar-refractivity contribution in [1.29, 1.82) is 0 Å². The van der Waals surface area contributed by atoms with Crippen LogP contribution in [0.3, 0.4) is 0 Å². The van der Waals surface area contributed by atoms with Crippen LogP contribution in [0.25, 0.3) is 0 Å². The predicted octanol–water partition coefficient (Wildman–Crippen LogP) is 1.81. The molecule has 0 saturated heterocycles. The monoisotopic (exact) mass is 268 g/mol. The minimum Gasteiger partial charge on any atom is -0.411 e. The van der Waals surface area contributed by atoms with E-state index >= 15 is 0 Å². The SMILES string of the molecule is CCCS(=O)(=O)N1CCC(=NO)c2ccccc21. The molecule has 98 valence electrons. The molecule has 0 aliphatic carbocycles. The van der Waals surface area contributed by atoms with Gasteiger partial charge in [0.2, 0.25) is 10.0 Å². The van der Waals surface area contributed by atoms with E-state index in [1.54, 1.807) is 24.3 Å². The van der Waals surface area contributed by atoms with Gasteiger partial charge in [-0.15, -0.1) is 0 Å².